The smallest absolute Gasteiger partial charge is 0.244 e. The maximum atomic E-state index is 12.6. The molecule has 1 amide bonds. The fraction of sp³-hybridized carbons (Fsp3) is 0.500. The molecule has 1 heterocycles. The standard InChI is InChI=1S/C14H17Cl3N2O/c1-2-4-14(5-3-6-18-14)13(20)19-12-8-10(16)9(15)7-11(12)17/h7-8,18H,2-6H2,1H3,(H,19,20). The molecule has 1 aliphatic heterocycles. The van der Waals surface area contributed by atoms with Crippen LogP contribution in [0.3, 0.4) is 0 Å². The molecule has 0 aliphatic carbocycles. The minimum atomic E-state index is -0.496. The first kappa shape index (κ1) is 15.9. The third-order valence-electron chi connectivity index (χ3n) is 3.61. The number of anilines is 1. The molecule has 0 saturated carbocycles. The highest BCUT2D eigenvalue weighted by molar-refractivity contribution is 6.44. The van der Waals surface area contributed by atoms with Crippen LogP contribution in [0.25, 0.3) is 0 Å². The lowest BCUT2D eigenvalue weighted by atomic mass is 9.91. The van der Waals surface area contributed by atoms with Crippen LogP contribution in [0.4, 0.5) is 5.69 Å². The molecule has 0 bridgehead atoms. The SMILES string of the molecule is CCCC1(C(=O)Nc2cc(Cl)c(Cl)cc2Cl)CCCN1. The molecule has 2 rings (SSSR count). The molecular formula is C14H17Cl3N2O. The zero-order valence-corrected chi connectivity index (χ0v) is 13.5. The summed E-state index contributed by atoms with van der Waals surface area (Å²) in [5, 5.41) is 7.32. The summed E-state index contributed by atoms with van der Waals surface area (Å²) in [5.74, 6) is -0.0582. The Morgan fingerprint density at radius 2 is 2.00 bits per heavy atom. The molecule has 1 aromatic rings. The molecule has 0 spiro atoms. The van der Waals surface area contributed by atoms with Crippen molar-refractivity contribution in [3.8, 4) is 0 Å². The van der Waals surface area contributed by atoms with Gasteiger partial charge in [-0.2, -0.15) is 0 Å². The molecule has 1 atom stereocenters. The monoisotopic (exact) mass is 334 g/mol. The summed E-state index contributed by atoms with van der Waals surface area (Å²) < 4.78 is 0. The van der Waals surface area contributed by atoms with Crippen LogP contribution in [0.2, 0.25) is 15.1 Å². The molecule has 110 valence electrons. The number of nitrogens with one attached hydrogen (secondary N) is 2. The summed E-state index contributed by atoms with van der Waals surface area (Å²) in [6.45, 7) is 2.93. The van der Waals surface area contributed by atoms with E-state index in [0.717, 1.165) is 32.2 Å². The molecule has 0 radical (unpaired) electrons. The van der Waals surface area contributed by atoms with Crippen molar-refractivity contribution in [1.82, 2.24) is 5.32 Å². The summed E-state index contributed by atoms with van der Waals surface area (Å²) in [4.78, 5) is 12.6. The van der Waals surface area contributed by atoms with Gasteiger partial charge >= 0.3 is 0 Å². The van der Waals surface area contributed by atoms with Gasteiger partial charge in [-0.25, -0.2) is 0 Å². The second kappa shape index (κ2) is 6.52. The summed E-state index contributed by atoms with van der Waals surface area (Å²) in [5.41, 5.74) is -0.000245. The van der Waals surface area contributed by atoms with E-state index in [1.54, 1.807) is 6.07 Å². The molecule has 3 nitrogen and oxygen atoms in total. The summed E-state index contributed by atoms with van der Waals surface area (Å²) in [6, 6.07) is 3.12. The molecule has 1 aliphatic rings. The molecule has 1 unspecified atom stereocenters. The summed E-state index contributed by atoms with van der Waals surface area (Å²) in [6.07, 6.45) is 3.58. The number of halogens is 3. The lowest BCUT2D eigenvalue weighted by molar-refractivity contribution is -0.122. The van der Waals surface area contributed by atoms with Gasteiger partial charge in [0.15, 0.2) is 0 Å². The Labute approximate surface area is 134 Å². The van der Waals surface area contributed by atoms with E-state index in [-0.39, 0.29) is 5.91 Å². The van der Waals surface area contributed by atoms with Crippen molar-refractivity contribution in [3.05, 3.63) is 27.2 Å². The van der Waals surface area contributed by atoms with Crippen LogP contribution in [0.15, 0.2) is 12.1 Å². The van der Waals surface area contributed by atoms with Crippen molar-refractivity contribution in [1.29, 1.82) is 0 Å². The molecule has 0 aromatic heterocycles. The van der Waals surface area contributed by atoms with Crippen LogP contribution in [-0.4, -0.2) is 18.0 Å². The van der Waals surface area contributed by atoms with E-state index in [1.807, 2.05) is 0 Å². The highest BCUT2D eigenvalue weighted by Gasteiger charge is 2.40. The number of amides is 1. The van der Waals surface area contributed by atoms with Gasteiger partial charge in [-0.15, -0.1) is 0 Å². The van der Waals surface area contributed by atoms with Gasteiger partial charge in [0, 0.05) is 0 Å². The van der Waals surface area contributed by atoms with Crippen LogP contribution in [-0.2, 0) is 4.79 Å². The molecule has 20 heavy (non-hydrogen) atoms. The Morgan fingerprint density at radius 1 is 1.30 bits per heavy atom. The maximum absolute atomic E-state index is 12.6. The predicted molar refractivity (Wildman–Crippen MR) is 85.0 cm³/mol. The fourth-order valence-corrected chi connectivity index (χ4v) is 3.21. The molecular weight excluding hydrogens is 319 g/mol. The Morgan fingerprint density at radius 3 is 2.60 bits per heavy atom. The average Bonchev–Trinajstić information content (AvgIpc) is 2.86. The highest BCUT2D eigenvalue weighted by Crippen LogP contribution is 2.34. The molecule has 1 aromatic carbocycles. The van der Waals surface area contributed by atoms with E-state index in [4.69, 9.17) is 34.8 Å². The van der Waals surface area contributed by atoms with Gasteiger partial charge in [-0.3, -0.25) is 4.79 Å². The summed E-state index contributed by atoms with van der Waals surface area (Å²) >= 11 is 17.9. The summed E-state index contributed by atoms with van der Waals surface area (Å²) in [7, 11) is 0. The second-order valence-electron chi connectivity index (χ2n) is 5.06. The van der Waals surface area contributed by atoms with Crippen LogP contribution in [0.5, 0.6) is 0 Å². The normalized spacial score (nSPS) is 22.0. The van der Waals surface area contributed by atoms with Crippen molar-refractivity contribution in [2.75, 3.05) is 11.9 Å². The van der Waals surface area contributed by atoms with Gasteiger partial charge in [-0.1, -0.05) is 48.1 Å². The molecule has 6 heteroatoms. The van der Waals surface area contributed by atoms with Gasteiger partial charge in [0.2, 0.25) is 5.91 Å². The average molecular weight is 336 g/mol. The Kier molecular flexibility index (Phi) is 5.19. The van der Waals surface area contributed by atoms with Gasteiger partial charge in [0.25, 0.3) is 0 Å². The Hall–Kier alpha value is -0.480. The highest BCUT2D eigenvalue weighted by atomic mass is 35.5. The molecule has 2 N–H and O–H groups in total. The predicted octanol–water partition coefficient (Wildman–Crippen LogP) is 4.51. The first-order chi connectivity index (χ1) is 9.48. The van der Waals surface area contributed by atoms with E-state index < -0.39 is 5.54 Å². The Balaban J connectivity index is 2.20. The van der Waals surface area contributed by atoms with Crippen molar-refractivity contribution in [2.24, 2.45) is 0 Å². The van der Waals surface area contributed by atoms with Gasteiger partial charge in [0.1, 0.15) is 0 Å². The number of carbonyl (C=O) groups excluding carboxylic acids is 1. The molecule has 1 saturated heterocycles. The number of carbonyl (C=O) groups is 1. The lowest BCUT2D eigenvalue weighted by Crippen LogP contribution is -2.50. The minimum Gasteiger partial charge on any atom is -0.323 e. The second-order valence-corrected chi connectivity index (χ2v) is 6.28. The van der Waals surface area contributed by atoms with Crippen LogP contribution in [0, 0.1) is 0 Å². The first-order valence-corrected chi connectivity index (χ1v) is 7.83. The van der Waals surface area contributed by atoms with E-state index in [9.17, 15) is 4.79 Å². The van der Waals surface area contributed by atoms with Gasteiger partial charge in [0.05, 0.1) is 26.3 Å². The first-order valence-electron chi connectivity index (χ1n) is 6.69. The lowest BCUT2D eigenvalue weighted by Gasteiger charge is -2.28. The topological polar surface area (TPSA) is 41.1 Å². The third kappa shape index (κ3) is 3.22. The zero-order valence-electron chi connectivity index (χ0n) is 11.2. The van der Waals surface area contributed by atoms with Crippen molar-refractivity contribution in [3.63, 3.8) is 0 Å². The van der Waals surface area contributed by atoms with Crippen LogP contribution >= 0.6 is 34.8 Å². The van der Waals surface area contributed by atoms with E-state index in [1.165, 1.54) is 6.07 Å². The molecule has 1 fully saturated rings. The van der Waals surface area contributed by atoms with E-state index >= 15 is 0 Å². The van der Waals surface area contributed by atoms with Gasteiger partial charge < -0.3 is 10.6 Å². The van der Waals surface area contributed by atoms with Crippen LogP contribution < -0.4 is 10.6 Å². The maximum Gasteiger partial charge on any atom is 0.244 e. The quantitative estimate of drug-likeness (QED) is 0.795. The van der Waals surface area contributed by atoms with E-state index in [0.29, 0.717) is 20.8 Å². The Bertz CT molecular complexity index is 513. The zero-order chi connectivity index (χ0) is 14.8. The largest absolute Gasteiger partial charge is 0.323 e. The number of benzene rings is 1. The number of rotatable bonds is 4. The minimum absolute atomic E-state index is 0.0582. The van der Waals surface area contributed by atoms with Gasteiger partial charge in [-0.05, 0) is 37.9 Å². The van der Waals surface area contributed by atoms with E-state index in [2.05, 4.69) is 17.6 Å². The van der Waals surface area contributed by atoms with Crippen molar-refractivity contribution >= 4 is 46.4 Å². The van der Waals surface area contributed by atoms with Crippen molar-refractivity contribution in [2.45, 2.75) is 38.1 Å². The van der Waals surface area contributed by atoms with Crippen molar-refractivity contribution < 1.29 is 4.79 Å². The van der Waals surface area contributed by atoms with Crippen LogP contribution in [0.1, 0.15) is 32.6 Å². The third-order valence-corrected chi connectivity index (χ3v) is 4.65. The fourth-order valence-electron chi connectivity index (χ4n) is 2.61. The number of hydrogen-bond donors (Lipinski definition) is 2. The number of hydrogen-bond acceptors (Lipinski definition) is 2.